The molecule has 6 nitrogen and oxygen atoms in total. The fourth-order valence-electron chi connectivity index (χ4n) is 4.37. The van der Waals surface area contributed by atoms with Crippen molar-refractivity contribution in [2.24, 2.45) is 0 Å². The topological polar surface area (TPSA) is 70.7 Å². The van der Waals surface area contributed by atoms with Crippen LogP contribution in [0.15, 0.2) is 47.2 Å². The molecular formula is C24H28BrN2O4+. The Labute approximate surface area is 191 Å². The first-order chi connectivity index (χ1) is 14.8. The number of amides is 1. The van der Waals surface area contributed by atoms with Crippen LogP contribution >= 0.6 is 15.9 Å². The van der Waals surface area contributed by atoms with Crippen molar-refractivity contribution in [3.8, 4) is 5.75 Å². The van der Waals surface area contributed by atoms with E-state index in [-0.39, 0.29) is 18.2 Å². The van der Waals surface area contributed by atoms with Crippen molar-refractivity contribution in [1.29, 1.82) is 0 Å². The van der Waals surface area contributed by atoms with Gasteiger partial charge in [0.25, 0.3) is 0 Å². The summed E-state index contributed by atoms with van der Waals surface area (Å²) in [6, 6.07) is 8.86. The number of fused-ring (bicyclic) bond motifs is 1. The molecule has 3 heterocycles. The zero-order chi connectivity index (χ0) is 22.2. The lowest BCUT2D eigenvalue weighted by atomic mass is 9.86. The summed E-state index contributed by atoms with van der Waals surface area (Å²) in [6.45, 7) is 4.25. The van der Waals surface area contributed by atoms with Gasteiger partial charge in [-0.15, -0.1) is 4.57 Å². The van der Waals surface area contributed by atoms with Crippen molar-refractivity contribution in [2.75, 3.05) is 6.54 Å². The number of hydrogen-bond donors (Lipinski definition) is 1. The van der Waals surface area contributed by atoms with Crippen LogP contribution < -0.4 is 9.30 Å². The van der Waals surface area contributed by atoms with Crippen LogP contribution in [-0.4, -0.2) is 40.1 Å². The zero-order valence-electron chi connectivity index (χ0n) is 17.9. The summed E-state index contributed by atoms with van der Waals surface area (Å²) in [4.78, 5) is 27.6. The molecule has 1 aromatic carbocycles. The maximum atomic E-state index is 13.0. The molecule has 0 spiro atoms. The highest BCUT2D eigenvalue weighted by Gasteiger charge is 2.48. The Kier molecular flexibility index (Phi) is 6.17. The molecule has 2 aromatic rings. The number of aliphatic hydroxyl groups is 1. The van der Waals surface area contributed by atoms with Gasteiger partial charge in [0.1, 0.15) is 17.5 Å². The molecule has 2 aliphatic rings. The molecule has 2 aliphatic heterocycles. The number of pyridine rings is 1. The molecule has 0 radical (unpaired) electrons. The van der Waals surface area contributed by atoms with E-state index in [0.29, 0.717) is 24.3 Å². The quantitative estimate of drug-likeness (QED) is 0.671. The number of aliphatic hydroxyl groups excluding tert-OH is 1. The minimum atomic E-state index is -0.903. The molecular weight excluding hydrogens is 460 g/mol. The predicted octanol–water partition coefficient (Wildman–Crippen LogP) is 3.60. The Morgan fingerprint density at radius 3 is 2.71 bits per heavy atom. The number of hydrogen-bond acceptors (Lipinski definition) is 4. The second kappa shape index (κ2) is 8.71. The number of rotatable bonds is 3. The second-order valence-electron chi connectivity index (χ2n) is 8.86. The smallest absolute Gasteiger partial charge is 0.396 e. The molecule has 2 unspecified atom stereocenters. The lowest BCUT2D eigenvalue weighted by Crippen LogP contribution is -2.56. The first kappa shape index (κ1) is 22.0. The Hall–Kier alpha value is -2.25. The number of aromatic nitrogens is 1. The van der Waals surface area contributed by atoms with Crippen molar-refractivity contribution in [3.63, 3.8) is 0 Å². The lowest BCUT2D eigenvalue weighted by Gasteiger charge is -2.45. The Bertz CT molecular complexity index is 990. The van der Waals surface area contributed by atoms with Crippen LogP contribution in [0.5, 0.6) is 5.75 Å². The van der Waals surface area contributed by atoms with Crippen LogP contribution in [-0.2, 0) is 11.2 Å². The van der Waals surface area contributed by atoms with Crippen molar-refractivity contribution in [3.05, 3.63) is 58.3 Å². The van der Waals surface area contributed by atoms with E-state index in [4.69, 9.17) is 4.74 Å². The molecule has 31 heavy (non-hydrogen) atoms. The molecule has 4 rings (SSSR count). The van der Waals surface area contributed by atoms with Gasteiger partial charge in [0.05, 0.1) is 18.0 Å². The number of likely N-dealkylation sites (tertiary alicyclic amines) is 1. The summed E-state index contributed by atoms with van der Waals surface area (Å²) < 4.78 is 8.56. The molecule has 1 fully saturated rings. The van der Waals surface area contributed by atoms with Gasteiger partial charge in [-0.1, -0.05) is 34.5 Å². The molecule has 1 aromatic heterocycles. The molecule has 2 atom stereocenters. The average Bonchev–Trinajstić information content (AvgIpc) is 2.94. The van der Waals surface area contributed by atoms with Crippen LogP contribution in [0.25, 0.3) is 0 Å². The van der Waals surface area contributed by atoms with Gasteiger partial charge < -0.3 is 14.7 Å². The van der Waals surface area contributed by atoms with Gasteiger partial charge in [-0.05, 0) is 44.4 Å². The number of nitrogens with zero attached hydrogens (tertiary/aromatic N) is 2. The fraction of sp³-hybridized carbons (Fsp3) is 0.458. The number of benzene rings is 1. The van der Waals surface area contributed by atoms with Crippen molar-refractivity contribution < 1.29 is 24.0 Å². The third-order valence-electron chi connectivity index (χ3n) is 6.15. The van der Waals surface area contributed by atoms with E-state index in [1.165, 1.54) is 4.57 Å². The maximum Gasteiger partial charge on any atom is 0.396 e. The minimum Gasteiger partial charge on any atom is -0.484 e. The highest BCUT2D eigenvalue weighted by Crippen LogP contribution is 2.43. The third kappa shape index (κ3) is 4.53. The average molecular weight is 488 g/mol. The Balaban J connectivity index is 1.69. The van der Waals surface area contributed by atoms with E-state index in [1.807, 2.05) is 38.1 Å². The number of carbonyl (C=O) groups excluding carboxylic acids is 2. The summed E-state index contributed by atoms with van der Waals surface area (Å²) in [5.41, 5.74) is 0.738. The zero-order valence-corrected chi connectivity index (χ0v) is 19.5. The standard InChI is InChI=1S/C24H28BrN2O4/c1-24(2)23(30)22(27-12-5-3-4-6-20(27)28)18-15-26(13-11-19(18)31-24)21(29)14-16-7-9-17(25)10-8-16/h7-11,13,15,22-23,30H,3-6,12,14H2,1-2H3/q+1. The minimum absolute atomic E-state index is 0.0433. The molecule has 164 valence electrons. The molecule has 1 N–H and O–H groups in total. The number of carbonyl (C=O) groups is 2. The number of halogens is 1. The largest absolute Gasteiger partial charge is 0.484 e. The second-order valence-corrected chi connectivity index (χ2v) is 9.78. The molecule has 0 bridgehead atoms. The summed E-state index contributed by atoms with van der Waals surface area (Å²) in [7, 11) is 0. The summed E-state index contributed by atoms with van der Waals surface area (Å²) in [6.07, 6.45) is 6.01. The van der Waals surface area contributed by atoms with E-state index in [0.717, 1.165) is 29.3 Å². The van der Waals surface area contributed by atoms with Crippen LogP contribution in [0.2, 0.25) is 0 Å². The van der Waals surface area contributed by atoms with Gasteiger partial charge in [0.15, 0.2) is 12.4 Å². The van der Waals surface area contributed by atoms with E-state index < -0.39 is 17.7 Å². The lowest BCUT2D eigenvalue weighted by molar-refractivity contribution is -0.575. The Morgan fingerprint density at radius 1 is 1.23 bits per heavy atom. The molecule has 0 aliphatic carbocycles. The van der Waals surface area contributed by atoms with Gasteiger partial charge in [-0.2, -0.15) is 0 Å². The molecule has 1 saturated heterocycles. The number of ether oxygens (including phenoxy) is 1. The summed E-state index contributed by atoms with van der Waals surface area (Å²) in [5, 5.41) is 11.2. The van der Waals surface area contributed by atoms with E-state index in [9.17, 15) is 14.7 Å². The van der Waals surface area contributed by atoms with Gasteiger partial charge in [-0.25, -0.2) is 4.79 Å². The van der Waals surface area contributed by atoms with E-state index in [1.54, 1.807) is 23.4 Å². The van der Waals surface area contributed by atoms with Gasteiger partial charge >= 0.3 is 5.91 Å². The fourth-order valence-corrected chi connectivity index (χ4v) is 4.63. The third-order valence-corrected chi connectivity index (χ3v) is 6.68. The normalized spacial score (nSPS) is 23.0. The van der Waals surface area contributed by atoms with Crippen LogP contribution in [0, 0.1) is 0 Å². The molecule has 0 saturated carbocycles. The van der Waals surface area contributed by atoms with Crippen molar-refractivity contribution in [2.45, 2.75) is 63.7 Å². The van der Waals surface area contributed by atoms with Gasteiger partial charge in [0.2, 0.25) is 5.91 Å². The predicted molar refractivity (Wildman–Crippen MR) is 119 cm³/mol. The molecule has 7 heteroatoms. The van der Waals surface area contributed by atoms with E-state index in [2.05, 4.69) is 15.9 Å². The molecule has 1 amide bonds. The van der Waals surface area contributed by atoms with E-state index >= 15 is 0 Å². The monoisotopic (exact) mass is 487 g/mol. The van der Waals surface area contributed by atoms with Gasteiger partial charge in [0, 0.05) is 23.5 Å². The van der Waals surface area contributed by atoms with Crippen molar-refractivity contribution in [1.82, 2.24) is 4.90 Å². The SMILES string of the molecule is CC1(C)Oc2cc[n+](C(=O)Cc3ccc(Br)cc3)cc2C(N2CCCCCC2=O)C1O. The van der Waals surface area contributed by atoms with Crippen LogP contribution in [0.3, 0.4) is 0 Å². The van der Waals surface area contributed by atoms with Crippen LogP contribution in [0.4, 0.5) is 0 Å². The highest BCUT2D eigenvalue weighted by atomic mass is 79.9. The highest BCUT2D eigenvalue weighted by molar-refractivity contribution is 9.10. The Morgan fingerprint density at radius 2 is 1.97 bits per heavy atom. The van der Waals surface area contributed by atoms with Gasteiger partial charge in [-0.3, -0.25) is 4.79 Å². The van der Waals surface area contributed by atoms with Crippen LogP contribution in [0.1, 0.15) is 61.5 Å². The first-order valence-corrected chi connectivity index (χ1v) is 11.5. The summed E-state index contributed by atoms with van der Waals surface area (Å²) in [5.74, 6) is 0.553. The summed E-state index contributed by atoms with van der Waals surface area (Å²) >= 11 is 3.41. The first-order valence-electron chi connectivity index (χ1n) is 10.8. The van der Waals surface area contributed by atoms with Crippen molar-refractivity contribution >= 4 is 27.7 Å². The maximum absolute atomic E-state index is 13.0.